The summed E-state index contributed by atoms with van der Waals surface area (Å²) in [5.74, 6) is -0.730. The van der Waals surface area contributed by atoms with Crippen molar-refractivity contribution in [2.75, 3.05) is 7.11 Å². The van der Waals surface area contributed by atoms with Crippen LogP contribution >= 0.6 is 11.6 Å². The minimum absolute atomic E-state index is 0.0117. The molecule has 0 bridgehead atoms. The summed E-state index contributed by atoms with van der Waals surface area (Å²) in [6.07, 6.45) is -2.86. The molecule has 1 fully saturated rings. The fraction of sp³-hybridized carbons (Fsp3) is 0.600. The Morgan fingerprint density at radius 3 is 2.48 bits per heavy atom. The van der Waals surface area contributed by atoms with Crippen molar-refractivity contribution in [1.82, 2.24) is 14.6 Å². The van der Waals surface area contributed by atoms with Crippen molar-refractivity contribution in [3.8, 4) is 5.75 Å². The lowest BCUT2D eigenvalue weighted by Gasteiger charge is -2.28. The van der Waals surface area contributed by atoms with E-state index in [1.54, 1.807) is 13.0 Å². The number of ether oxygens (including phenoxy) is 1. The number of fused-ring (bicyclic) bond motifs is 1. The first-order chi connectivity index (χ1) is 10.8. The van der Waals surface area contributed by atoms with E-state index in [2.05, 4.69) is 10.1 Å². The van der Waals surface area contributed by atoms with Gasteiger partial charge in [0.15, 0.2) is 16.5 Å². The molecule has 1 aliphatic carbocycles. The minimum Gasteiger partial charge on any atom is -0.492 e. The van der Waals surface area contributed by atoms with Crippen molar-refractivity contribution in [2.24, 2.45) is 5.92 Å². The largest absolute Gasteiger partial charge is 0.492 e. The zero-order valence-corrected chi connectivity index (χ0v) is 13.6. The fourth-order valence-electron chi connectivity index (χ4n) is 3.23. The highest BCUT2D eigenvalue weighted by Crippen LogP contribution is 2.43. The van der Waals surface area contributed by atoms with Gasteiger partial charge in [0, 0.05) is 12.0 Å². The van der Waals surface area contributed by atoms with Gasteiger partial charge < -0.3 is 4.74 Å². The van der Waals surface area contributed by atoms with Crippen LogP contribution in [0.1, 0.15) is 43.0 Å². The molecule has 8 heteroatoms. The quantitative estimate of drug-likeness (QED) is 0.749. The average molecular weight is 348 g/mol. The molecule has 0 radical (unpaired) electrons. The number of aryl methyl sites for hydroxylation is 1. The van der Waals surface area contributed by atoms with Gasteiger partial charge in [-0.25, -0.2) is 4.98 Å². The van der Waals surface area contributed by atoms with E-state index in [1.807, 2.05) is 0 Å². The SMILES string of the molecule is COc1c(C)nc2cc([C@H]3CC[C@H](C(F)(F)F)CC3)nn2c1Cl. The summed E-state index contributed by atoms with van der Waals surface area (Å²) in [5.41, 5.74) is 1.98. The Hall–Kier alpha value is -1.50. The number of nitrogens with zero attached hydrogens (tertiary/aromatic N) is 3. The molecule has 0 aromatic carbocycles. The number of rotatable bonds is 2. The second kappa shape index (κ2) is 5.85. The number of methoxy groups -OCH3 is 1. The summed E-state index contributed by atoms with van der Waals surface area (Å²) in [6.45, 7) is 1.78. The van der Waals surface area contributed by atoms with Gasteiger partial charge in [0.25, 0.3) is 0 Å². The molecule has 4 nitrogen and oxygen atoms in total. The molecule has 0 atom stereocenters. The van der Waals surface area contributed by atoms with Gasteiger partial charge in [0.05, 0.1) is 24.4 Å². The predicted octanol–water partition coefficient (Wildman–Crippen LogP) is 4.54. The third-order valence-corrected chi connectivity index (χ3v) is 4.84. The lowest BCUT2D eigenvalue weighted by atomic mass is 9.80. The molecule has 0 saturated heterocycles. The highest BCUT2D eigenvalue weighted by Gasteiger charge is 2.41. The molecule has 23 heavy (non-hydrogen) atoms. The Bertz CT molecular complexity index is 721. The van der Waals surface area contributed by atoms with E-state index in [0.29, 0.717) is 35.1 Å². The number of hydrogen-bond acceptors (Lipinski definition) is 3. The van der Waals surface area contributed by atoms with Gasteiger partial charge in [-0.05, 0) is 32.6 Å². The molecule has 0 amide bonds. The summed E-state index contributed by atoms with van der Waals surface area (Å²) < 4.78 is 45.0. The van der Waals surface area contributed by atoms with Gasteiger partial charge in [-0.2, -0.15) is 22.8 Å². The van der Waals surface area contributed by atoms with Gasteiger partial charge in [0.2, 0.25) is 0 Å². The molecule has 2 aromatic heterocycles. The van der Waals surface area contributed by atoms with Crippen LogP contribution in [0.4, 0.5) is 13.2 Å². The van der Waals surface area contributed by atoms with Crippen LogP contribution in [0.15, 0.2) is 6.07 Å². The van der Waals surface area contributed by atoms with Crippen molar-refractivity contribution >= 4 is 17.2 Å². The summed E-state index contributed by atoms with van der Waals surface area (Å²) in [5, 5.41) is 4.76. The van der Waals surface area contributed by atoms with Crippen LogP contribution in [0.25, 0.3) is 5.65 Å². The van der Waals surface area contributed by atoms with Gasteiger partial charge in [-0.1, -0.05) is 11.6 Å². The fourth-order valence-corrected chi connectivity index (χ4v) is 3.57. The second-order valence-corrected chi connectivity index (χ2v) is 6.31. The highest BCUT2D eigenvalue weighted by atomic mass is 35.5. The number of aromatic nitrogens is 3. The topological polar surface area (TPSA) is 39.4 Å². The molecule has 0 N–H and O–H groups in total. The van der Waals surface area contributed by atoms with Crippen LogP contribution in [-0.4, -0.2) is 27.9 Å². The van der Waals surface area contributed by atoms with Crippen molar-refractivity contribution in [2.45, 2.75) is 44.7 Å². The third kappa shape index (κ3) is 2.98. The summed E-state index contributed by atoms with van der Waals surface area (Å²) in [4.78, 5) is 4.39. The maximum absolute atomic E-state index is 12.8. The summed E-state index contributed by atoms with van der Waals surface area (Å²) in [7, 11) is 1.50. The Labute approximate surface area is 136 Å². The van der Waals surface area contributed by atoms with Crippen LogP contribution < -0.4 is 4.74 Å². The third-order valence-electron chi connectivity index (χ3n) is 4.51. The predicted molar refractivity (Wildman–Crippen MR) is 80.0 cm³/mol. The molecule has 1 saturated carbocycles. The maximum atomic E-state index is 12.8. The van der Waals surface area contributed by atoms with Gasteiger partial charge >= 0.3 is 6.18 Å². The average Bonchev–Trinajstić information content (AvgIpc) is 2.91. The Morgan fingerprint density at radius 2 is 1.91 bits per heavy atom. The smallest absolute Gasteiger partial charge is 0.391 e. The van der Waals surface area contributed by atoms with Crippen LogP contribution in [-0.2, 0) is 0 Å². The molecular formula is C15H17ClF3N3O. The van der Waals surface area contributed by atoms with Crippen molar-refractivity contribution in [3.05, 3.63) is 22.6 Å². The van der Waals surface area contributed by atoms with Crippen molar-refractivity contribution in [3.63, 3.8) is 0 Å². The van der Waals surface area contributed by atoms with E-state index >= 15 is 0 Å². The molecule has 126 valence electrons. The van der Waals surface area contributed by atoms with Crippen LogP contribution in [0.2, 0.25) is 5.15 Å². The minimum atomic E-state index is -4.10. The highest BCUT2D eigenvalue weighted by molar-refractivity contribution is 6.31. The molecule has 2 aromatic rings. The zero-order valence-electron chi connectivity index (χ0n) is 12.8. The number of alkyl halides is 3. The molecule has 1 aliphatic rings. The van der Waals surface area contributed by atoms with E-state index in [0.717, 1.165) is 5.69 Å². The lowest BCUT2D eigenvalue weighted by Crippen LogP contribution is -2.27. The van der Waals surface area contributed by atoms with Crippen LogP contribution in [0.3, 0.4) is 0 Å². The second-order valence-electron chi connectivity index (χ2n) is 5.95. The summed E-state index contributed by atoms with van der Waals surface area (Å²) in [6, 6.07) is 1.80. The standard InChI is InChI=1S/C15H17ClF3N3O/c1-8-13(23-2)14(16)22-12(20-8)7-11(21-22)9-3-5-10(6-4-9)15(17,18)19/h7,9-10H,3-6H2,1-2H3/t9-,10-. The van der Waals surface area contributed by atoms with Gasteiger partial charge in [-0.15, -0.1) is 0 Å². The van der Waals surface area contributed by atoms with E-state index in [4.69, 9.17) is 16.3 Å². The first kappa shape index (κ1) is 16.4. The Balaban J connectivity index is 1.86. The van der Waals surface area contributed by atoms with Crippen molar-refractivity contribution in [1.29, 1.82) is 0 Å². The first-order valence-corrected chi connectivity index (χ1v) is 7.85. The molecule has 2 heterocycles. The zero-order chi connectivity index (χ0) is 16.8. The van der Waals surface area contributed by atoms with Crippen LogP contribution in [0.5, 0.6) is 5.75 Å². The molecular weight excluding hydrogens is 331 g/mol. The maximum Gasteiger partial charge on any atom is 0.391 e. The molecule has 0 unspecified atom stereocenters. The number of halogens is 4. The summed E-state index contributed by atoms with van der Waals surface area (Å²) >= 11 is 6.27. The first-order valence-electron chi connectivity index (χ1n) is 7.47. The van der Waals surface area contributed by atoms with Crippen molar-refractivity contribution < 1.29 is 17.9 Å². The van der Waals surface area contributed by atoms with E-state index < -0.39 is 12.1 Å². The lowest BCUT2D eigenvalue weighted by molar-refractivity contribution is -0.182. The Kier molecular flexibility index (Phi) is 4.16. The normalized spacial score (nSPS) is 22.5. The van der Waals surface area contributed by atoms with E-state index in [9.17, 15) is 13.2 Å². The van der Waals surface area contributed by atoms with E-state index in [1.165, 1.54) is 11.6 Å². The molecule has 0 spiro atoms. The number of hydrogen-bond donors (Lipinski definition) is 0. The van der Waals surface area contributed by atoms with E-state index in [-0.39, 0.29) is 18.8 Å². The van der Waals surface area contributed by atoms with Gasteiger partial charge in [0.1, 0.15) is 0 Å². The monoisotopic (exact) mass is 347 g/mol. The molecule has 3 rings (SSSR count). The van der Waals surface area contributed by atoms with Crippen LogP contribution in [0, 0.1) is 12.8 Å². The Morgan fingerprint density at radius 1 is 1.26 bits per heavy atom. The molecule has 0 aliphatic heterocycles. The van der Waals surface area contributed by atoms with Gasteiger partial charge in [-0.3, -0.25) is 0 Å².